The van der Waals surface area contributed by atoms with E-state index in [1.807, 2.05) is 0 Å². The van der Waals surface area contributed by atoms with Gasteiger partial charge in [-0.2, -0.15) is 0 Å². The van der Waals surface area contributed by atoms with Gasteiger partial charge in [-0.3, -0.25) is 14.7 Å². The van der Waals surface area contributed by atoms with E-state index < -0.39 is 0 Å². The largest absolute Gasteiger partial charge is 0.377 e. The molecule has 0 N–H and O–H groups in total. The molecule has 33 heavy (non-hydrogen) atoms. The Morgan fingerprint density at radius 1 is 0.606 bits per heavy atom. The third-order valence-electron chi connectivity index (χ3n) is 6.12. The second-order valence-electron chi connectivity index (χ2n) is 9.03. The van der Waals surface area contributed by atoms with Crippen molar-refractivity contribution in [1.29, 1.82) is 0 Å². The van der Waals surface area contributed by atoms with Gasteiger partial charge in [0.1, 0.15) is 46.6 Å². The summed E-state index contributed by atoms with van der Waals surface area (Å²) in [5.74, 6) is 0. The Hall–Kier alpha value is -0.440. The highest BCUT2D eigenvalue weighted by atomic mass is 16.7. The molecule has 3 fully saturated rings. The molecule has 11 nitrogen and oxygen atoms in total. The molecule has 3 rings (SSSR count). The Balaban J connectivity index is 1.40. The Morgan fingerprint density at radius 2 is 1.09 bits per heavy atom. The van der Waals surface area contributed by atoms with Crippen LogP contribution >= 0.6 is 0 Å². The van der Waals surface area contributed by atoms with Crippen molar-refractivity contribution in [2.75, 3.05) is 93.4 Å². The minimum Gasteiger partial charge on any atom is -0.377 e. The fraction of sp³-hybridized carbons (Fsp3) is 1.00. The fourth-order valence-corrected chi connectivity index (χ4v) is 3.76. The SMILES string of the molecule is CC(COC(COCC(C)N1COCOC1)COCC(C)N1COCOC1)N1CCCOC1. The maximum Gasteiger partial charge on any atom is 0.150 e. The van der Waals surface area contributed by atoms with Crippen molar-refractivity contribution < 1.29 is 37.9 Å². The first-order valence-corrected chi connectivity index (χ1v) is 12.0. The monoisotopic (exact) mass is 477 g/mol. The quantitative estimate of drug-likeness (QED) is 0.354. The van der Waals surface area contributed by atoms with Crippen LogP contribution in [0, 0.1) is 0 Å². The third-order valence-corrected chi connectivity index (χ3v) is 6.12. The summed E-state index contributed by atoms with van der Waals surface area (Å²) in [6.07, 6.45) is 0.907. The van der Waals surface area contributed by atoms with Crippen LogP contribution in [0.2, 0.25) is 0 Å². The van der Waals surface area contributed by atoms with Gasteiger partial charge >= 0.3 is 0 Å². The van der Waals surface area contributed by atoms with Gasteiger partial charge in [-0.25, -0.2) is 0 Å². The minimum atomic E-state index is -0.153. The van der Waals surface area contributed by atoms with Crippen molar-refractivity contribution >= 4 is 0 Å². The minimum absolute atomic E-state index is 0.153. The van der Waals surface area contributed by atoms with Gasteiger partial charge in [0.2, 0.25) is 0 Å². The first-order valence-electron chi connectivity index (χ1n) is 12.0. The molecule has 3 saturated heterocycles. The summed E-state index contributed by atoms with van der Waals surface area (Å²) >= 11 is 0. The molecule has 3 unspecified atom stereocenters. The Bertz CT molecular complexity index is 472. The van der Waals surface area contributed by atoms with Crippen LogP contribution in [-0.4, -0.2) is 132 Å². The third kappa shape index (κ3) is 9.98. The maximum absolute atomic E-state index is 6.24. The predicted octanol–water partition coefficient (Wildman–Crippen LogP) is 0.693. The van der Waals surface area contributed by atoms with Crippen LogP contribution in [0.4, 0.5) is 0 Å². The van der Waals surface area contributed by atoms with Crippen LogP contribution in [-0.2, 0) is 37.9 Å². The molecule has 0 saturated carbocycles. The highest BCUT2D eigenvalue weighted by molar-refractivity contribution is 4.70. The first kappa shape index (κ1) is 27.2. The Morgan fingerprint density at radius 3 is 1.58 bits per heavy atom. The molecule has 194 valence electrons. The van der Waals surface area contributed by atoms with Gasteiger partial charge < -0.3 is 37.9 Å². The molecule has 0 bridgehead atoms. The van der Waals surface area contributed by atoms with Gasteiger partial charge in [-0.05, 0) is 27.2 Å². The molecular formula is C22H43N3O8. The van der Waals surface area contributed by atoms with Crippen LogP contribution in [0.1, 0.15) is 27.2 Å². The normalized spacial score (nSPS) is 25.5. The highest BCUT2D eigenvalue weighted by Crippen LogP contribution is 2.10. The van der Waals surface area contributed by atoms with Gasteiger partial charge in [0, 0.05) is 31.3 Å². The molecule has 3 aliphatic rings. The lowest BCUT2D eigenvalue weighted by atomic mass is 10.2. The summed E-state index contributed by atoms with van der Waals surface area (Å²) in [4.78, 5) is 6.50. The van der Waals surface area contributed by atoms with Crippen LogP contribution in [0.15, 0.2) is 0 Å². The Labute approximate surface area is 198 Å². The van der Waals surface area contributed by atoms with E-state index in [0.29, 0.717) is 80.3 Å². The van der Waals surface area contributed by atoms with E-state index >= 15 is 0 Å². The summed E-state index contributed by atoms with van der Waals surface area (Å²) in [7, 11) is 0. The van der Waals surface area contributed by atoms with Crippen molar-refractivity contribution in [2.24, 2.45) is 0 Å². The van der Waals surface area contributed by atoms with Crippen molar-refractivity contribution in [3.8, 4) is 0 Å². The van der Waals surface area contributed by atoms with Crippen molar-refractivity contribution in [2.45, 2.75) is 51.4 Å². The van der Waals surface area contributed by atoms with Gasteiger partial charge in [0.15, 0.2) is 0 Å². The van der Waals surface area contributed by atoms with Gasteiger partial charge in [-0.15, -0.1) is 0 Å². The van der Waals surface area contributed by atoms with E-state index in [1.165, 1.54) is 0 Å². The smallest absolute Gasteiger partial charge is 0.150 e. The molecule has 0 aromatic carbocycles. The lowest BCUT2D eigenvalue weighted by Crippen LogP contribution is -2.45. The second-order valence-corrected chi connectivity index (χ2v) is 9.03. The topological polar surface area (TPSA) is 83.6 Å². The van der Waals surface area contributed by atoms with E-state index in [9.17, 15) is 0 Å². The number of nitrogens with zero attached hydrogens (tertiary/aromatic N) is 3. The maximum atomic E-state index is 6.24. The van der Waals surface area contributed by atoms with Gasteiger partial charge in [-0.1, -0.05) is 0 Å². The molecule has 0 aromatic rings. The number of hydrogen-bond acceptors (Lipinski definition) is 11. The first-order chi connectivity index (χ1) is 16.1. The average molecular weight is 478 g/mol. The lowest BCUT2D eigenvalue weighted by molar-refractivity contribution is -0.200. The number of rotatable bonds is 14. The zero-order chi connectivity index (χ0) is 23.3. The molecule has 0 spiro atoms. The van der Waals surface area contributed by atoms with Gasteiger partial charge in [0.25, 0.3) is 0 Å². The van der Waals surface area contributed by atoms with Gasteiger partial charge in [0.05, 0.1) is 39.8 Å². The molecule has 0 aliphatic carbocycles. The van der Waals surface area contributed by atoms with E-state index in [4.69, 9.17) is 37.9 Å². The standard InChI is InChI=1S/C22H43N3O8/c1-19(24-13-29-17-30-14-24)7-27-10-22(33-9-21(3)23-5-4-6-26-12-23)11-28-8-20(2)25-15-31-18-32-16-25/h19-22H,4-18H2,1-3H3. The van der Waals surface area contributed by atoms with E-state index in [1.54, 1.807) is 0 Å². The summed E-state index contributed by atoms with van der Waals surface area (Å²) < 4.78 is 45.2. The summed E-state index contributed by atoms with van der Waals surface area (Å²) in [5, 5.41) is 0. The van der Waals surface area contributed by atoms with Crippen LogP contribution in [0.3, 0.4) is 0 Å². The van der Waals surface area contributed by atoms with Crippen LogP contribution < -0.4 is 0 Å². The lowest BCUT2D eigenvalue weighted by Gasteiger charge is -2.34. The second kappa shape index (κ2) is 15.5. The van der Waals surface area contributed by atoms with Crippen molar-refractivity contribution in [3.05, 3.63) is 0 Å². The molecule has 0 aromatic heterocycles. The molecule has 11 heteroatoms. The number of hydrogen-bond donors (Lipinski definition) is 0. The van der Waals surface area contributed by atoms with Crippen molar-refractivity contribution in [1.82, 2.24) is 14.7 Å². The summed E-state index contributed by atoms with van der Waals surface area (Å²) in [6, 6.07) is 0.654. The van der Waals surface area contributed by atoms with Crippen LogP contribution in [0.25, 0.3) is 0 Å². The summed E-state index contributed by atoms with van der Waals surface area (Å²) in [5.41, 5.74) is 0. The molecule has 3 atom stereocenters. The highest BCUT2D eigenvalue weighted by Gasteiger charge is 2.22. The molecule has 0 radical (unpaired) electrons. The van der Waals surface area contributed by atoms with Crippen LogP contribution in [0.5, 0.6) is 0 Å². The van der Waals surface area contributed by atoms with E-state index in [0.717, 1.165) is 19.6 Å². The molecule has 0 amide bonds. The molecule has 3 aliphatic heterocycles. The zero-order valence-electron chi connectivity index (χ0n) is 20.5. The summed E-state index contributed by atoms with van der Waals surface area (Å²) in [6.45, 7) is 14.5. The number of ether oxygens (including phenoxy) is 8. The Kier molecular flexibility index (Phi) is 12.8. The van der Waals surface area contributed by atoms with Crippen molar-refractivity contribution in [3.63, 3.8) is 0 Å². The predicted molar refractivity (Wildman–Crippen MR) is 119 cm³/mol. The fourth-order valence-electron chi connectivity index (χ4n) is 3.76. The van der Waals surface area contributed by atoms with E-state index in [2.05, 4.69) is 35.5 Å². The van der Waals surface area contributed by atoms with E-state index in [-0.39, 0.29) is 24.2 Å². The zero-order valence-corrected chi connectivity index (χ0v) is 20.5. The average Bonchev–Trinajstić information content (AvgIpc) is 2.88. The molecule has 3 heterocycles. The molecular weight excluding hydrogens is 434 g/mol.